The first-order chi connectivity index (χ1) is 17.2. The van der Waals surface area contributed by atoms with E-state index >= 15 is 0 Å². The molecule has 3 aromatic carbocycles. The summed E-state index contributed by atoms with van der Waals surface area (Å²) >= 11 is 0. The summed E-state index contributed by atoms with van der Waals surface area (Å²) in [5.41, 5.74) is 2.57. The molecule has 0 N–H and O–H groups in total. The number of esters is 1. The van der Waals surface area contributed by atoms with Crippen LogP contribution in [0.15, 0.2) is 78.9 Å². The SMILES string of the molecule is CCOC(=O)c1cccc(-n2c(C)ccc2-c2ccc(C(F)(F)F)cc2OCc2ccc(F)cc2)c1. The van der Waals surface area contributed by atoms with Crippen LogP contribution in [0.5, 0.6) is 5.75 Å². The van der Waals surface area contributed by atoms with Crippen molar-refractivity contribution in [3.8, 4) is 22.7 Å². The van der Waals surface area contributed by atoms with Gasteiger partial charge in [0, 0.05) is 16.9 Å². The summed E-state index contributed by atoms with van der Waals surface area (Å²) in [4.78, 5) is 12.3. The van der Waals surface area contributed by atoms with Crippen molar-refractivity contribution >= 4 is 5.97 Å². The van der Waals surface area contributed by atoms with Crippen LogP contribution in [0.3, 0.4) is 0 Å². The summed E-state index contributed by atoms with van der Waals surface area (Å²) in [6, 6.07) is 19.3. The molecule has 0 saturated heterocycles. The number of aromatic nitrogens is 1. The number of rotatable bonds is 7. The Hall–Kier alpha value is -4.07. The third-order valence-electron chi connectivity index (χ3n) is 5.58. The maximum absolute atomic E-state index is 13.5. The van der Waals surface area contributed by atoms with Gasteiger partial charge in [0.05, 0.1) is 23.4 Å². The number of ether oxygens (including phenoxy) is 2. The van der Waals surface area contributed by atoms with Crippen LogP contribution >= 0.6 is 0 Å². The number of hydrogen-bond donors (Lipinski definition) is 0. The molecular weight excluding hydrogens is 474 g/mol. The molecule has 4 aromatic rings. The third-order valence-corrected chi connectivity index (χ3v) is 5.58. The van der Waals surface area contributed by atoms with Crippen LogP contribution in [0, 0.1) is 12.7 Å². The zero-order chi connectivity index (χ0) is 25.9. The van der Waals surface area contributed by atoms with Crippen molar-refractivity contribution in [3.63, 3.8) is 0 Å². The van der Waals surface area contributed by atoms with E-state index < -0.39 is 23.5 Å². The van der Waals surface area contributed by atoms with Crippen LogP contribution in [-0.4, -0.2) is 17.1 Å². The molecular formula is C28H23F4NO3. The highest BCUT2D eigenvalue weighted by Gasteiger charge is 2.32. The predicted molar refractivity (Wildman–Crippen MR) is 128 cm³/mol. The summed E-state index contributed by atoms with van der Waals surface area (Å²) in [5.74, 6) is -0.865. The van der Waals surface area contributed by atoms with Crippen LogP contribution in [0.2, 0.25) is 0 Å². The Morgan fingerprint density at radius 2 is 1.69 bits per heavy atom. The monoisotopic (exact) mass is 497 g/mol. The molecule has 36 heavy (non-hydrogen) atoms. The molecule has 0 spiro atoms. The van der Waals surface area contributed by atoms with E-state index in [0.717, 1.165) is 17.8 Å². The molecule has 0 unspecified atom stereocenters. The summed E-state index contributed by atoms with van der Waals surface area (Å²) < 4.78 is 66.5. The third kappa shape index (κ3) is 5.43. The van der Waals surface area contributed by atoms with Gasteiger partial charge in [-0.25, -0.2) is 9.18 Å². The minimum atomic E-state index is -4.56. The Morgan fingerprint density at radius 1 is 0.944 bits per heavy atom. The lowest BCUT2D eigenvalue weighted by atomic mass is 10.1. The Balaban J connectivity index is 1.78. The minimum absolute atomic E-state index is 0.0232. The highest BCUT2D eigenvalue weighted by atomic mass is 19.4. The number of hydrogen-bond acceptors (Lipinski definition) is 3. The smallest absolute Gasteiger partial charge is 0.416 e. The Kier molecular flexibility index (Phi) is 7.15. The Bertz CT molecular complexity index is 1370. The zero-order valence-electron chi connectivity index (χ0n) is 19.6. The molecule has 4 nitrogen and oxygen atoms in total. The van der Waals surface area contributed by atoms with Gasteiger partial charge < -0.3 is 14.0 Å². The van der Waals surface area contributed by atoms with E-state index in [4.69, 9.17) is 9.47 Å². The second-order valence-electron chi connectivity index (χ2n) is 8.09. The Labute approximate surface area is 205 Å². The predicted octanol–water partition coefficient (Wildman–Crippen LogP) is 7.37. The van der Waals surface area contributed by atoms with Crippen molar-refractivity contribution in [2.45, 2.75) is 26.6 Å². The molecule has 0 atom stereocenters. The van der Waals surface area contributed by atoms with Crippen molar-refractivity contribution in [2.24, 2.45) is 0 Å². The molecule has 1 aromatic heterocycles. The maximum atomic E-state index is 13.5. The molecule has 186 valence electrons. The van der Waals surface area contributed by atoms with Gasteiger partial charge >= 0.3 is 12.1 Å². The number of carbonyl (C=O) groups is 1. The minimum Gasteiger partial charge on any atom is -0.488 e. The molecule has 0 aliphatic carbocycles. The molecule has 0 bridgehead atoms. The largest absolute Gasteiger partial charge is 0.488 e. The molecule has 0 saturated carbocycles. The van der Waals surface area contributed by atoms with Crippen LogP contribution < -0.4 is 4.74 Å². The molecule has 0 amide bonds. The lowest BCUT2D eigenvalue weighted by Gasteiger charge is -2.18. The Morgan fingerprint density at radius 3 is 2.39 bits per heavy atom. The van der Waals surface area contributed by atoms with Gasteiger partial charge in [-0.05, 0) is 80.1 Å². The first kappa shape index (κ1) is 25.0. The van der Waals surface area contributed by atoms with E-state index in [0.29, 0.717) is 28.1 Å². The highest BCUT2D eigenvalue weighted by molar-refractivity contribution is 5.90. The summed E-state index contributed by atoms with van der Waals surface area (Å²) in [6.45, 7) is 3.75. The summed E-state index contributed by atoms with van der Waals surface area (Å²) in [5, 5.41) is 0. The molecule has 8 heteroatoms. The van der Waals surface area contributed by atoms with Gasteiger partial charge in [0.2, 0.25) is 0 Å². The van der Waals surface area contributed by atoms with Gasteiger partial charge in [-0.3, -0.25) is 0 Å². The van der Waals surface area contributed by atoms with Crippen LogP contribution in [0.4, 0.5) is 17.6 Å². The van der Waals surface area contributed by atoms with Gasteiger partial charge in [-0.2, -0.15) is 13.2 Å². The molecule has 0 radical (unpaired) electrons. The van der Waals surface area contributed by atoms with Gasteiger partial charge in [0.25, 0.3) is 0 Å². The van der Waals surface area contributed by atoms with Crippen molar-refractivity contribution in [1.29, 1.82) is 0 Å². The fourth-order valence-electron chi connectivity index (χ4n) is 3.85. The molecule has 1 heterocycles. The van der Waals surface area contributed by atoms with Crippen LogP contribution in [-0.2, 0) is 17.5 Å². The first-order valence-corrected chi connectivity index (χ1v) is 11.2. The van der Waals surface area contributed by atoms with Crippen molar-refractivity contribution < 1.29 is 31.8 Å². The van der Waals surface area contributed by atoms with E-state index in [1.54, 1.807) is 37.3 Å². The van der Waals surface area contributed by atoms with Gasteiger partial charge in [0.1, 0.15) is 18.2 Å². The van der Waals surface area contributed by atoms with Gasteiger partial charge in [-0.1, -0.05) is 18.2 Å². The van der Waals surface area contributed by atoms with E-state index in [2.05, 4.69) is 0 Å². The fourth-order valence-corrected chi connectivity index (χ4v) is 3.85. The van der Waals surface area contributed by atoms with Crippen molar-refractivity contribution in [2.75, 3.05) is 6.61 Å². The standard InChI is InChI=1S/C28H23F4NO3/c1-3-35-27(34)20-5-4-6-23(15-20)33-18(2)7-14-25(33)24-13-10-21(28(30,31)32)16-26(24)36-17-19-8-11-22(29)12-9-19/h4-16H,3,17H2,1-2H3. The first-order valence-electron chi connectivity index (χ1n) is 11.2. The van der Waals surface area contributed by atoms with Gasteiger partial charge in [-0.15, -0.1) is 0 Å². The average molecular weight is 497 g/mol. The number of halogens is 4. The quantitative estimate of drug-likeness (QED) is 0.198. The number of alkyl halides is 3. The van der Waals surface area contributed by atoms with Crippen molar-refractivity contribution in [3.05, 3.63) is 107 Å². The number of aryl methyl sites for hydroxylation is 1. The van der Waals surface area contributed by atoms with Gasteiger partial charge in [0.15, 0.2) is 0 Å². The van der Waals surface area contributed by atoms with E-state index in [1.165, 1.54) is 30.3 Å². The molecule has 0 aliphatic rings. The number of nitrogens with zero attached hydrogens (tertiary/aromatic N) is 1. The van der Waals surface area contributed by atoms with E-state index in [1.807, 2.05) is 17.6 Å². The van der Waals surface area contributed by atoms with E-state index in [-0.39, 0.29) is 19.0 Å². The average Bonchev–Trinajstić information content (AvgIpc) is 3.24. The second kappa shape index (κ2) is 10.3. The summed E-state index contributed by atoms with van der Waals surface area (Å²) in [7, 11) is 0. The molecule has 0 fully saturated rings. The molecule has 0 aliphatic heterocycles. The number of carbonyl (C=O) groups excluding carboxylic acids is 1. The normalized spacial score (nSPS) is 11.4. The molecule has 4 rings (SSSR count). The van der Waals surface area contributed by atoms with Crippen molar-refractivity contribution in [1.82, 2.24) is 4.57 Å². The lowest BCUT2D eigenvalue weighted by molar-refractivity contribution is -0.137. The maximum Gasteiger partial charge on any atom is 0.416 e. The lowest BCUT2D eigenvalue weighted by Crippen LogP contribution is -2.08. The zero-order valence-corrected chi connectivity index (χ0v) is 19.6. The van der Waals surface area contributed by atoms with Crippen LogP contribution in [0.25, 0.3) is 16.9 Å². The summed E-state index contributed by atoms with van der Waals surface area (Å²) in [6.07, 6.45) is -4.56. The second-order valence-corrected chi connectivity index (χ2v) is 8.09. The topological polar surface area (TPSA) is 40.5 Å². The highest BCUT2D eigenvalue weighted by Crippen LogP contribution is 2.39. The van der Waals surface area contributed by atoms with E-state index in [9.17, 15) is 22.4 Å². The fraction of sp³-hybridized carbons (Fsp3) is 0.179. The number of benzene rings is 3. The van der Waals surface area contributed by atoms with Crippen LogP contribution in [0.1, 0.15) is 34.1 Å².